The van der Waals surface area contributed by atoms with Crippen LogP contribution in [0.5, 0.6) is 5.75 Å². The molecule has 4 rings (SSSR count). The minimum absolute atomic E-state index is 0.0231. The van der Waals surface area contributed by atoms with E-state index in [0.29, 0.717) is 13.0 Å². The maximum Gasteiger partial charge on any atom is 0.227 e. The van der Waals surface area contributed by atoms with Crippen molar-refractivity contribution in [2.24, 2.45) is 5.92 Å². The SMILES string of the molecule is C[C@@H]1Cc2cc(CC(=O)N3CCC[C@@H](C(=O)N4CCCCCC4)C3)ccc2O1. The summed E-state index contributed by atoms with van der Waals surface area (Å²) >= 11 is 0. The average molecular weight is 385 g/mol. The fourth-order valence-corrected chi connectivity index (χ4v) is 4.83. The number of rotatable bonds is 3. The lowest BCUT2D eigenvalue weighted by Gasteiger charge is -2.35. The minimum atomic E-state index is -0.0231. The molecule has 1 aromatic carbocycles. The Kier molecular flexibility index (Phi) is 5.88. The van der Waals surface area contributed by atoms with Crippen molar-refractivity contribution in [3.8, 4) is 5.75 Å². The zero-order valence-corrected chi connectivity index (χ0v) is 17.0. The first-order valence-corrected chi connectivity index (χ1v) is 10.9. The largest absolute Gasteiger partial charge is 0.490 e. The number of hydrogen-bond acceptors (Lipinski definition) is 3. The van der Waals surface area contributed by atoms with Gasteiger partial charge in [-0.05, 0) is 49.8 Å². The van der Waals surface area contributed by atoms with Crippen LogP contribution in [-0.4, -0.2) is 53.9 Å². The minimum Gasteiger partial charge on any atom is -0.490 e. The van der Waals surface area contributed by atoms with E-state index in [1.165, 1.54) is 18.4 Å². The topological polar surface area (TPSA) is 49.9 Å². The zero-order valence-electron chi connectivity index (χ0n) is 17.0. The summed E-state index contributed by atoms with van der Waals surface area (Å²) in [6.45, 7) is 5.20. The molecule has 2 amide bonds. The van der Waals surface area contributed by atoms with Crippen LogP contribution < -0.4 is 4.74 Å². The highest BCUT2D eigenvalue weighted by atomic mass is 16.5. The average Bonchev–Trinajstić information content (AvgIpc) is 2.90. The Labute approximate surface area is 168 Å². The second kappa shape index (κ2) is 8.54. The number of nitrogens with zero attached hydrogens (tertiary/aromatic N) is 2. The van der Waals surface area contributed by atoms with E-state index in [2.05, 4.69) is 13.0 Å². The van der Waals surface area contributed by atoms with Crippen molar-refractivity contribution < 1.29 is 14.3 Å². The Morgan fingerprint density at radius 2 is 1.79 bits per heavy atom. The van der Waals surface area contributed by atoms with Crippen LogP contribution in [0.15, 0.2) is 18.2 Å². The highest BCUT2D eigenvalue weighted by Crippen LogP contribution is 2.30. The summed E-state index contributed by atoms with van der Waals surface area (Å²) < 4.78 is 5.75. The van der Waals surface area contributed by atoms with Gasteiger partial charge in [0.25, 0.3) is 0 Å². The Morgan fingerprint density at radius 3 is 2.57 bits per heavy atom. The van der Waals surface area contributed by atoms with E-state index in [9.17, 15) is 9.59 Å². The smallest absolute Gasteiger partial charge is 0.227 e. The van der Waals surface area contributed by atoms with Gasteiger partial charge in [-0.1, -0.05) is 25.0 Å². The van der Waals surface area contributed by atoms with Crippen molar-refractivity contribution in [1.82, 2.24) is 9.80 Å². The summed E-state index contributed by atoms with van der Waals surface area (Å²) in [6, 6.07) is 6.10. The van der Waals surface area contributed by atoms with Crippen LogP contribution >= 0.6 is 0 Å². The quantitative estimate of drug-likeness (QED) is 0.804. The lowest BCUT2D eigenvalue weighted by molar-refractivity contribution is -0.140. The number of likely N-dealkylation sites (tertiary alicyclic amines) is 2. The first kappa shape index (κ1) is 19.3. The third kappa shape index (κ3) is 4.34. The van der Waals surface area contributed by atoms with E-state index in [4.69, 9.17) is 4.74 Å². The van der Waals surface area contributed by atoms with Crippen LogP contribution in [0.3, 0.4) is 0 Å². The molecule has 2 atom stereocenters. The fraction of sp³-hybridized carbons (Fsp3) is 0.652. The highest BCUT2D eigenvalue weighted by Gasteiger charge is 2.31. The van der Waals surface area contributed by atoms with E-state index < -0.39 is 0 Å². The lowest BCUT2D eigenvalue weighted by Crippen LogP contribution is -2.47. The number of hydrogen-bond donors (Lipinski definition) is 0. The number of carbonyl (C=O) groups is 2. The second-order valence-corrected chi connectivity index (χ2v) is 8.67. The Bertz CT molecular complexity index is 725. The standard InChI is InChI=1S/C23H32N2O3/c1-17-13-20-14-18(8-9-21(20)28-17)15-22(26)25-12-6-7-19(16-25)23(27)24-10-4-2-3-5-11-24/h8-9,14,17,19H,2-7,10-13,15-16H2,1H3/t17-,19-/m1/s1. The van der Waals surface area contributed by atoms with Crippen LogP contribution in [0.2, 0.25) is 0 Å². The lowest BCUT2D eigenvalue weighted by atomic mass is 9.95. The van der Waals surface area contributed by atoms with Crippen LogP contribution in [0, 0.1) is 5.92 Å². The van der Waals surface area contributed by atoms with Gasteiger partial charge in [-0.3, -0.25) is 9.59 Å². The first-order valence-electron chi connectivity index (χ1n) is 10.9. The van der Waals surface area contributed by atoms with Gasteiger partial charge in [-0.25, -0.2) is 0 Å². The summed E-state index contributed by atoms with van der Waals surface area (Å²) in [5, 5.41) is 0. The van der Waals surface area contributed by atoms with Gasteiger partial charge in [-0.15, -0.1) is 0 Å². The molecular formula is C23H32N2O3. The molecule has 2 fully saturated rings. The molecule has 0 aromatic heterocycles. The van der Waals surface area contributed by atoms with Gasteiger partial charge >= 0.3 is 0 Å². The molecule has 0 saturated carbocycles. The molecule has 152 valence electrons. The number of piperidine rings is 1. The summed E-state index contributed by atoms with van der Waals surface area (Å²) in [7, 11) is 0. The van der Waals surface area contributed by atoms with Gasteiger partial charge in [0.15, 0.2) is 0 Å². The Morgan fingerprint density at radius 1 is 1.04 bits per heavy atom. The molecule has 3 heterocycles. The van der Waals surface area contributed by atoms with Crippen molar-refractivity contribution in [1.29, 1.82) is 0 Å². The third-order valence-electron chi connectivity index (χ3n) is 6.36. The predicted octanol–water partition coefficient (Wildman–Crippen LogP) is 3.19. The molecule has 0 unspecified atom stereocenters. The zero-order chi connectivity index (χ0) is 19.5. The molecule has 3 aliphatic heterocycles. The number of benzene rings is 1. The van der Waals surface area contributed by atoms with E-state index in [1.54, 1.807) is 0 Å². The van der Waals surface area contributed by atoms with Gasteiger partial charge in [0.05, 0.1) is 12.3 Å². The van der Waals surface area contributed by atoms with Crippen molar-refractivity contribution >= 4 is 11.8 Å². The summed E-state index contributed by atoms with van der Waals surface area (Å²) in [5.74, 6) is 1.33. The Hall–Kier alpha value is -2.04. The van der Waals surface area contributed by atoms with Crippen LogP contribution in [0.25, 0.3) is 0 Å². The molecule has 5 heteroatoms. The highest BCUT2D eigenvalue weighted by molar-refractivity contribution is 5.82. The van der Waals surface area contributed by atoms with Crippen LogP contribution in [-0.2, 0) is 22.4 Å². The second-order valence-electron chi connectivity index (χ2n) is 8.67. The van der Waals surface area contributed by atoms with E-state index in [0.717, 1.165) is 63.1 Å². The molecule has 2 saturated heterocycles. The van der Waals surface area contributed by atoms with Crippen molar-refractivity contribution in [2.75, 3.05) is 26.2 Å². The summed E-state index contributed by atoms with van der Waals surface area (Å²) in [4.78, 5) is 29.8. The molecule has 5 nitrogen and oxygen atoms in total. The molecule has 0 bridgehead atoms. The number of amides is 2. The number of carbonyl (C=O) groups excluding carboxylic acids is 2. The molecule has 28 heavy (non-hydrogen) atoms. The maximum absolute atomic E-state index is 13.0. The third-order valence-corrected chi connectivity index (χ3v) is 6.36. The number of ether oxygens (including phenoxy) is 1. The predicted molar refractivity (Wildman–Crippen MR) is 108 cm³/mol. The monoisotopic (exact) mass is 384 g/mol. The van der Waals surface area contributed by atoms with Gasteiger partial charge in [0.2, 0.25) is 11.8 Å². The van der Waals surface area contributed by atoms with Crippen LogP contribution in [0.4, 0.5) is 0 Å². The first-order chi connectivity index (χ1) is 13.6. The van der Waals surface area contributed by atoms with E-state index >= 15 is 0 Å². The van der Waals surface area contributed by atoms with E-state index in [1.807, 2.05) is 21.9 Å². The van der Waals surface area contributed by atoms with Gasteiger partial charge in [0.1, 0.15) is 11.9 Å². The van der Waals surface area contributed by atoms with Gasteiger partial charge < -0.3 is 14.5 Å². The summed E-state index contributed by atoms with van der Waals surface area (Å²) in [6.07, 6.45) is 8.05. The van der Waals surface area contributed by atoms with Crippen molar-refractivity contribution in [3.63, 3.8) is 0 Å². The van der Waals surface area contributed by atoms with Crippen LogP contribution in [0.1, 0.15) is 56.6 Å². The Balaban J connectivity index is 1.35. The van der Waals surface area contributed by atoms with Crippen molar-refractivity contribution in [3.05, 3.63) is 29.3 Å². The molecule has 0 N–H and O–H groups in total. The summed E-state index contributed by atoms with van der Waals surface area (Å²) in [5.41, 5.74) is 2.24. The number of fused-ring (bicyclic) bond motifs is 1. The van der Waals surface area contributed by atoms with Gasteiger partial charge in [-0.2, -0.15) is 0 Å². The molecule has 0 spiro atoms. The van der Waals surface area contributed by atoms with Crippen molar-refractivity contribution in [2.45, 2.75) is 64.4 Å². The molecular weight excluding hydrogens is 352 g/mol. The normalized spacial score (nSPS) is 25.0. The molecule has 3 aliphatic rings. The molecule has 0 aliphatic carbocycles. The molecule has 1 aromatic rings. The van der Waals surface area contributed by atoms with E-state index in [-0.39, 0.29) is 23.8 Å². The van der Waals surface area contributed by atoms with Gasteiger partial charge in [0, 0.05) is 32.6 Å². The fourth-order valence-electron chi connectivity index (χ4n) is 4.83. The molecule has 0 radical (unpaired) electrons. The maximum atomic E-state index is 13.0.